The predicted octanol–water partition coefficient (Wildman–Crippen LogP) is 4.47. The minimum Gasteiger partial charge on any atom is -0.385 e. The Bertz CT molecular complexity index is 349. The first-order valence-electron chi connectivity index (χ1n) is 7.41. The molecule has 0 aliphatic carbocycles. The van der Waals surface area contributed by atoms with Crippen molar-refractivity contribution in [3.8, 4) is 0 Å². The van der Waals surface area contributed by atoms with E-state index in [1.807, 2.05) is 0 Å². The van der Waals surface area contributed by atoms with Crippen LogP contribution in [0.5, 0.6) is 0 Å². The van der Waals surface area contributed by atoms with Gasteiger partial charge >= 0.3 is 0 Å². The Morgan fingerprint density at radius 1 is 1.11 bits per heavy atom. The van der Waals surface area contributed by atoms with Crippen molar-refractivity contribution in [3.05, 3.63) is 29.3 Å². The monoisotopic (exact) mass is 264 g/mol. The minimum atomic E-state index is 0.212. The zero-order valence-electron chi connectivity index (χ0n) is 13.6. The quantitative estimate of drug-likeness (QED) is 0.842. The van der Waals surface area contributed by atoms with Gasteiger partial charge in [0.1, 0.15) is 0 Å². The fraction of sp³-hybridized carbons (Fsp3) is 0.647. The van der Waals surface area contributed by atoms with Crippen LogP contribution in [0.2, 0.25) is 0 Å². The molecule has 0 atom stereocenters. The highest BCUT2D eigenvalue weighted by atomic mass is 14.9. The van der Waals surface area contributed by atoms with Crippen LogP contribution in [0.25, 0.3) is 0 Å². The lowest BCUT2D eigenvalue weighted by molar-refractivity contribution is 0.591. The first-order valence-corrected chi connectivity index (χ1v) is 7.41. The SMILES string of the molecule is CCCN.CCCNc1cc(C)ccc1C(C)(C)C. The Balaban J connectivity index is 0.000000711. The summed E-state index contributed by atoms with van der Waals surface area (Å²) >= 11 is 0. The number of anilines is 1. The molecule has 1 aromatic carbocycles. The van der Waals surface area contributed by atoms with Crippen molar-refractivity contribution in [1.29, 1.82) is 0 Å². The third-order valence-corrected chi connectivity index (χ3v) is 2.84. The summed E-state index contributed by atoms with van der Waals surface area (Å²) in [5.41, 5.74) is 9.26. The van der Waals surface area contributed by atoms with Gasteiger partial charge in [0, 0.05) is 12.2 Å². The molecule has 0 bridgehead atoms. The van der Waals surface area contributed by atoms with Gasteiger partial charge in [-0.15, -0.1) is 0 Å². The van der Waals surface area contributed by atoms with Crippen molar-refractivity contribution in [2.24, 2.45) is 5.73 Å². The van der Waals surface area contributed by atoms with E-state index in [1.54, 1.807) is 0 Å². The van der Waals surface area contributed by atoms with Gasteiger partial charge in [-0.3, -0.25) is 0 Å². The van der Waals surface area contributed by atoms with Crippen LogP contribution in [0.1, 0.15) is 58.6 Å². The largest absolute Gasteiger partial charge is 0.385 e. The van der Waals surface area contributed by atoms with Gasteiger partial charge < -0.3 is 11.1 Å². The molecule has 110 valence electrons. The van der Waals surface area contributed by atoms with E-state index in [2.05, 4.69) is 65.1 Å². The van der Waals surface area contributed by atoms with Gasteiger partial charge in [-0.2, -0.15) is 0 Å². The smallest absolute Gasteiger partial charge is 0.0380 e. The van der Waals surface area contributed by atoms with Crippen molar-refractivity contribution >= 4 is 5.69 Å². The van der Waals surface area contributed by atoms with E-state index >= 15 is 0 Å². The van der Waals surface area contributed by atoms with Crippen LogP contribution >= 0.6 is 0 Å². The number of nitrogens with two attached hydrogens (primary N) is 1. The van der Waals surface area contributed by atoms with E-state index < -0.39 is 0 Å². The van der Waals surface area contributed by atoms with Crippen LogP contribution in [0.15, 0.2) is 18.2 Å². The van der Waals surface area contributed by atoms with Crippen molar-refractivity contribution in [1.82, 2.24) is 0 Å². The molecule has 0 saturated carbocycles. The highest BCUT2D eigenvalue weighted by Gasteiger charge is 2.17. The summed E-state index contributed by atoms with van der Waals surface area (Å²) in [6, 6.07) is 6.68. The molecule has 1 aromatic rings. The zero-order chi connectivity index (χ0) is 14.9. The first kappa shape index (κ1) is 18.0. The second-order valence-electron chi connectivity index (χ2n) is 6.01. The lowest BCUT2D eigenvalue weighted by Gasteiger charge is -2.24. The molecule has 0 heterocycles. The summed E-state index contributed by atoms with van der Waals surface area (Å²) in [4.78, 5) is 0. The minimum absolute atomic E-state index is 0.212. The summed E-state index contributed by atoms with van der Waals surface area (Å²) in [5, 5.41) is 3.51. The number of benzene rings is 1. The highest BCUT2D eigenvalue weighted by Crippen LogP contribution is 2.30. The van der Waals surface area contributed by atoms with Gasteiger partial charge in [0.15, 0.2) is 0 Å². The molecule has 0 saturated heterocycles. The van der Waals surface area contributed by atoms with Crippen LogP contribution in [-0.4, -0.2) is 13.1 Å². The molecule has 0 aromatic heterocycles. The van der Waals surface area contributed by atoms with Crippen LogP contribution < -0.4 is 11.1 Å². The fourth-order valence-corrected chi connectivity index (χ4v) is 1.72. The third kappa shape index (κ3) is 7.22. The molecule has 0 aliphatic rings. The summed E-state index contributed by atoms with van der Waals surface area (Å²) in [6.07, 6.45) is 2.26. The fourth-order valence-electron chi connectivity index (χ4n) is 1.72. The van der Waals surface area contributed by atoms with Gasteiger partial charge in [-0.25, -0.2) is 0 Å². The molecule has 2 nitrogen and oxygen atoms in total. The number of hydrogen-bond acceptors (Lipinski definition) is 2. The van der Waals surface area contributed by atoms with E-state index in [4.69, 9.17) is 5.73 Å². The van der Waals surface area contributed by atoms with Crippen LogP contribution in [0, 0.1) is 6.92 Å². The lowest BCUT2D eigenvalue weighted by atomic mass is 9.85. The Morgan fingerprint density at radius 3 is 2.11 bits per heavy atom. The molecule has 0 aliphatic heterocycles. The normalized spacial score (nSPS) is 10.7. The molecule has 0 radical (unpaired) electrons. The summed E-state index contributed by atoms with van der Waals surface area (Å²) in [5.74, 6) is 0. The maximum absolute atomic E-state index is 5.03. The standard InChI is InChI=1S/C14H23N.C3H9N/c1-6-9-15-13-10-11(2)7-8-12(13)14(3,4)5;1-2-3-4/h7-8,10,15H,6,9H2,1-5H3;2-4H2,1H3. The maximum atomic E-state index is 5.03. The second-order valence-corrected chi connectivity index (χ2v) is 6.01. The van der Waals surface area contributed by atoms with E-state index in [9.17, 15) is 0 Å². The first-order chi connectivity index (χ1) is 8.86. The molecule has 0 unspecified atom stereocenters. The Morgan fingerprint density at radius 2 is 1.68 bits per heavy atom. The molecule has 3 N–H and O–H groups in total. The lowest BCUT2D eigenvalue weighted by Crippen LogP contribution is -2.15. The van der Waals surface area contributed by atoms with Gasteiger partial charge in [0.2, 0.25) is 0 Å². The third-order valence-electron chi connectivity index (χ3n) is 2.84. The number of nitrogens with one attached hydrogen (secondary N) is 1. The number of rotatable bonds is 4. The average molecular weight is 264 g/mol. The molecular weight excluding hydrogens is 232 g/mol. The van der Waals surface area contributed by atoms with Crippen molar-refractivity contribution < 1.29 is 0 Å². The van der Waals surface area contributed by atoms with Crippen molar-refractivity contribution in [2.75, 3.05) is 18.4 Å². The van der Waals surface area contributed by atoms with E-state index in [-0.39, 0.29) is 5.41 Å². The summed E-state index contributed by atoms with van der Waals surface area (Å²) < 4.78 is 0. The zero-order valence-corrected chi connectivity index (χ0v) is 13.6. The highest BCUT2D eigenvalue weighted by molar-refractivity contribution is 5.55. The molecule has 19 heavy (non-hydrogen) atoms. The van der Waals surface area contributed by atoms with E-state index in [1.165, 1.54) is 16.8 Å². The van der Waals surface area contributed by atoms with E-state index in [0.717, 1.165) is 25.9 Å². The average Bonchev–Trinajstić information content (AvgIpc) is 2.35. The molecule has 0 fully saturated rings. The molecule has 0 spiro atoms. The van der Waals surface area contributed by atoms with Gasteiger partial charge in [-0.1, -0.05) is 46.8 Å². The van der Waals surface area contributed by atoms with Crippen LogP contribution in [0.3, 0.4) is 0 Å². The van der Waals surface area contributed by atoms with Gasteiger partial charge in [-0.05, 0) is 48.9 Å². The van der Waals surface area contributed by atoms with Crippen LogP contribution in [0.4, 0.5) is 5.69 Å². The molecule has 2 heteroatoms. The number of aryl methyl sites for hydroxylation is 1. The second kappa shape index (κ2) is 8.98. The predicted molar refractivity (Wildman–Crippen MR) is 88.0 cm³/mol. The summed E-state index contributed by atoms with van der Waals surface area (Å²) in [7, 11) is 0. The molecular formula is C17H32N2. The van der Waals surface area contributed by atoms with E-state index in [0.29, 0.717) is 0 Å². The topological polar surface area (TPSA) is 38.0 Å². The van der Waals surface area contributed by atoms with Gasteiger partial charge in [0.25, 0.3) is 0 Å². The Labute approximate surface area is 119 Å². The maximum Gasteiger partial charge on any atom is 0.0380 e. The number of hydrogen-bond donors (Lipinski definition) is 2. The van der Waals surface area contributed by atoms with Crippen LogP contribution in [-0.2, 0) is 5.41 Å². The Hall–Kier alpha value is -1.02. The molecule has 0 amide bonds. The molecule has 1 rings (SSSR count). The van der Waals surface area contributed by atoms with Crippen molar-refractivity contribution in [3.63, 3.8) is 0 Å². The summed E-state index contributed by atoms with van der Waals surface area (Å²) in [6.45, 7) is 15.0. The van der Waals surface area contributed by atoms with Gasteiger partial charge in [0.05, 0.1) is 0 Å². The Kier molecular flexibility index (Phi) is 8.49. The van der Waals surface area contributed by atoms with Crippen molar-refractivity contribution in [2.45, 2.75) is 59.8 Å².